The molecule has 0 aromatic heterocycles. The van der Waals surface area contributed by atoms with Crippen LogP contribution in [0.4, 0.5) is 0 Å². The molecule has 1 aliphatic heterocycles. The maximum atomic E-state index is 12.2. The van der Waals surface area contributed by atoms with E-state index in [-0.39, 0.29) is 24.2 Å². The number of hydrogen-bond donors (Lipinski definition) is 2. The largest absolute Gasteiger partial charge is 0.393 e. The fraction of sp³-hybridized carbons (Fsp3) is 0.562. The van der Waals surface area contributed by atoms with Gasteiger partial charge in [-0.2, -0.15) is 0 Å². The predicted octanol–water partition coefficient (Wildman–Crippen LogP) is 1.73. The van der Waals surface area contributed by atoms with Crippen LogP contribution in [0.2, 0.25) is 0 Å². The van der Waals surface area contributed by atoms with Gasteiger partial charge in [-0.1, -0.05) is 29.8 Å². The quantitative estimate of drug-likeness (QED) is 0.863. The van der Waals surface area contributed by atoms with Crippen LogP contribution >= 0.6 is 0 Å². The summed E-state index contributed by atoms with van der Waals surface area (Å²) in [5.74, 6) is 0.179. The molecule has 1 amide bonds. The summed E-state index contributed by atoms with van der Waals surface area (Å²) >= 11 is 0. The van der Waals surface area contributed by atoms with Gasteiger partial charge in [-0.05, 0) is 38.2 Å². The van der Waals surface area contributed by atoms with Gasteiger partial charge in [0.2, 0.25) is 5.91 Å². The third-order valence-electron chi connectivity index (χ3n) is 4.43. The molecule has 3 rings (SSSR count). The fourth-order valence-electron chi connectivity index (χ4n) is 3.39. The van der Waals surface area contributed by atoms with Gasteiger partial charge in [0.25, 0.3) is 0 Å². The zero-order chi connectivity index (χ0) is 14.1. The maximum Gasteiger partial charge on any atom is 0.238 e. The third-order valence-corrected chi connectivity index (χ3v) is 4.43. The van der Waals surface area contributed by atoms with Crippen LogP contribution < -0.4 is 5.32 Å². The Morgan fingerprint density at radius 3 is 2.70 bits per heavy atom. The Balaban J connectivity index is 1.81. The monoisotopic (exact) mass is 274 g/mol. The molecule has 1 unspecified atom stereocenters. The van der Waals surface area contributed by atoms with Crippen molar-refractivity contribution in [2.45, 2.75) is 50.9 Å². The lowest BCUT2D eigenvalue weighted by atomic mass is 9.91. The normalized spacial score (nSPS) is 30.8. The van der Waals surface area contributed by atoms with Gasteiger partial charge in [0.15, 0.2) is 0 Å². The summed E-state index contributed by atoms with van der Waals surface area (Å²) in [5, 5.41) is 13.0. The van der Waals surface area contributed by atoms with Crippen molar-refractivity contribution in [3.63, 3.8) is 0 Å². The smallest absolute Gasteiger partial charge is 0.238 e. The summed E-state index contributed by atoms with van der Waals surface area (Å²) in [7, 11) is 0. The zero-order valence-electron chi connectivity index (χ0n) is 11.9. The molecule has 0 bridgehead atoms. The summed E-state index contributed by atoms with van der Waals surface area (Å²) in [5.41, 5.74) is 2.37. The van der Waals surface area contributed by atoms with Crippen LogP contribution in [0.15, 0.2) is 24.3 Å². The molecule has 108 valence electrons. The first-order valence-corrected chi connectivity index (χ1v) is 7.44. The highest BCUT2D eigenvalue weighted by Crippen LogP contribution is 2.32. The van der Waals surface area contributed by atoms with Crippen molar-refractivity contribution < 1.29 is 9.90 Å². The number of nitrogens with one attached hydrogen (secondary N) is 1. The van der Waals surface area contributed by atoms with Gasteiger partial charge in [-0.15, -0.1) is 0 Å². The minimum absolute atomic E-state index is 0.0114. The van der Waals surface area contributed by atoms with Crippen LogP contribution in [0, 0.1) is 6.92 Å². The first-order chi connectivity index (χ1) is 9.65. The summed E-state index contributed by atoms with van der Waals surface area (Å²) in [6.07, 6.45) is 3.20. The summed E-state index contributed by atoms with van der Waals surface area (Å²) in [6, 6.07) is 8.58. The van der Waals surface area contributed by atoms with E-state index in [1.165, 1.54) is 5.56 Å². The number of hydrogen-bond acceptors (Lipinski definition) is 3. The highest BCUT2D eigenvalue weighted by molar-refractivity contribution is 5.81. The van der Waals surface area contributed by atoms with Crippen LogP contribution in [0.5, 0.6) is 0 Å². The molecule has 1 saturated heterocycles. The van der Waals surface area contributed by atoms with Gasteiger partial charge in [-0.3, -0.25) is 10.1 Å². The maximum absolute atomic E-state index is 12.2. The van der Waals surface area contributed by atoms with Crippen molar-refractivity contribution in [1.29, 1.82) is 0 Å². The molecule has 1 saturated carbocycles. The van der Waals surface area contributed by atoms with E-state index in [9.17, 15) is 9.90 Å². The first-order valence-electron chi connectivity index (χ1n) is 7.44. The van der Waals surface area contributed by atoms with E-state index < -0.39 is 0 Å². The average molecular weight is 274 g/mol. The van der Waals surface area contributed by atoms with Gasteiger partial charge in [-0.25, -0.2) is 0 Å². The lowest BCUT2D eigenvalue weighted by molar-refractivity contribution is -0.131. The highest BCUT2D eigenvalue weighted by atomic mass is 16.3. The Kier molecular flexibility index (Phi) is 3.76. The molecule has 2 fully saturated rings. The van der Waals surface area contributed by atoms with E-state index in [1.807, 2.05) is 11.0 Å². The number of carbonyl (C=O) groups is 1. The molecule has 2 N–H and O–H groups in total. The van der Waals surface area contributed by atoms with Crippen molar-refractivity contribution in [3.05, 3.63) is 35.4 Å². The van der Waals surface area contributed by atoms with Crippen molar-refractivity contribution in [1.82, 2.24) is 10.2 Å². The topological polar surface area (TPSA) is 52.6 Å². The lowest BCUT2D eigenvalue weighted by Crippen LogP contribution is -2.42. The van der Waals surface area contributed by atoms with E-state index in [0.29, 0.717) is 6.54 Å². The van der Waals surface area contributed by atoms with Crippen LogP contribution in [0.1, 0.15) is 43.0 Å². The molecule has 1 heterocycles. The predicted molar refractivity (Wildman–Crippen MR) is 77.0 cm³/mol. The standard InChI is InChI=1S/C16H22N2O2/c1-11-3-2-4-12(9-11)16-17-10-15(20)18(16)13-5-7-14(19)8-6-13/h2-4,9,13-14,16-17,19H,5-8,10H2,1H3. The first kappa shape index (κ1) is 13.6. The molecular formula is C16H22N2O2. The minimum atomic E-state index is -0.186. The highest BCUT2D eigenvalue weighted by Gasteiger charge is 2.38. The lowest BCUT2D eigenvalue weighted by Gasteiger charge is -2.36. The number of nitrogens with zero attached hydrogens (tertiary/aromatic N) is 1. The van der Waals surface area contributed by atoms with Crippen LogP contribution in [0.3, 0.4) is 0 Å². The molecular weight excluding hydrogens is 252 g/mol. The number of carbonyl (C=O) groups excluding carboxylic acids is 1. The second-order valence-corrected chi connectivity index (χ2v) is 5.96. The van der Waals surface area contributed by atoms with Crippen LogP contribution in [-0.2, 0) is 4.79 Å². The Labute approximate surface area is 119 Å². The Morgan fingerprint density at radius 2 is 2.00 bits per heavy atom. The number of benzene rings is 1. The van der Waals surface area contributed by atoms with E-state index in [2.05, 4.69) is 30.4 Å². The van der Waals surface area contributed by atoms with Crippen molar-refractivity contribution in [2.75, 3.05) is 6.54 Å². The second-order valence-electron chi connectivity index (χ2n) is 5.96. The zero-order valence-corrected chi connectivity index (χ0v) is 11.9. The van der Waals surface area contributed by atoms with E-state index in [0.717, 1.165) is 31.2 Å². The van der Waals surface area contributed by atoms with E-state index in [1.54, 1.807) is 0 Å². The fourth-order valence-corrected chi connectivity index (χ4v) is 3.39. The molecule has 4 nitrogen and oxygen atoms in total. The van der Waals surface area contributed by atoms with Crippen molar-refractivity contribution in [3.8, 4) is 0 Å². The number of aliphatic hydroxyl groups excluding tert-OH is 1. The van der Waals surface area contributed by atoms with Gasteiger partial charge >= 0.3 is 0 Å². The summed E-state index contributed by atoms with van der Waals surface area (Å²) in [4.78, 5) is 14.2. The Morgan fingerprint density at radius 1 is 1.25 bits per heavy atom. The average Bonchev–Trinajstić information content (AvgIpc) is 2.82. The van der Waals surface area contributed by atoms with Gasteiger partial charge in [0, 0.05) is 6.04 Å². The minimum Gasteiger partial charge on any atom is -0.393 e. The summed E-state index contributed by atoms with van der Waals surface area (Å²) < 4.78 is 0. The SMILES string of the molecule is Cc1cccc(C2NCC(=O)N2C2CCC(O)CC2)c1. The van der Waals surface area contributed by atoms with E-state index >= 15 is 0 Å². The molecule has 4 heteroatoms. The molecule has 1 aromatic rings. The Bertz CT molecular complexity index is 495. The summed E-state index contributed by atoms with van der Waals surface area (Å²) in [6.45, 7) is 2.49. The molecule has 2 aliphatic rings. The molecule has 1 aromatic carbocycles. The number of aryl methyl sites for hydroxylation is 1. The molecule has 1 atom stereocenters. The molecule has 0 radical (unpaired) electrons. The van der Waals surface area contributed by atoms with Crippen LogP contribution in [0.25, 0.3) is 0 Å². The second kappa shape index (κ2) is 5.54. The Hall–Kier alpha value is -1.39. The molecule has 1 aliphatic carbocycles. The number of amides is 1. The molecule has 20 heavy (non-hydrogen) atoms. The third kappa shape index (κ3) is 2.58. The van der Waals surface area contributed by atoms with Gasteiger partial charge in [0.1, 0.15) is 6.17 Å². The van der Waals surface area contributed by atoms with Crippen LogP contribution in [-0.4, -0.2) is 34.6 Å². The number of rotatable bonds is 2. The van der Waals surface area contributed by atoms with Crippen molar-refractivity contribution >= 4 is 5.91 Å². The number of aliphatic hydroxyl groups is 1. The van der Waals surface area contributed by atoms with Gasteiger partial charge in [0.05, 0.1) is 12.6 Å². The van der Waals surface area contributed by atoms with E-state index in [4.69, 9.17) is 0 Å². The van der Waals surface area contributed by atoms with Gasteiger partial charge < -0.3 is 10.0 Å². The van der Waals surface area contributed by atoms with Crippen molar-refractivity contribution in [2.24, 2.45) is 0 Å². The molecule has 0 spiro atoms.